The van der Waals surface area contributed by atoms with Gasteiger partial charge in [0.15, 0.2) is 0 Å². The first-order valence-electron chi connectivity index (χ1n) is 11.5. The van der Waals surface area contributed by atoms with E-state index in [-0.39, 0.29) is 0 Å². The van der Waals surface area contributed by atoms with Crippen molar-refractivity contribution in [1.29, 1.82) is 0 Å². The molecule has 0 saturated carbocycles. The number of aryl methyl sites for hydroxylation is 3. The minimum absolute atomic E-state index is 0.451. The van der Waals surface area contributed by atoms with Gasteiger partial charge in [0.2, 0.25) is 0 Å². The molecule has 1 saturated heterocycles. The molecule has 2 aromatic heterocycles. The molecule has 34 heavy (non-hydrogen) atoms. The van der Waals surface area contributed by atoms with E-state index < -0.39 is 11.6 Å². The summed E-state index contributed by atoms with van der Waals surface area (Å²) in [7, 11) is 1.99. The predicted molar refractivity (Wildman–Crippen MR) is 134 cm³/mol. The molecule has 0 aliphatic carbocycles. The van der Waals surface area contributed by atoms with Crippen molar-refractivity contribution in [2.45, 2.75) is 45.8 Å². The molecule has 178 valence electrons. The quantitative estimate of drug-likeness (QED) is 0.562. The Kier molecular flexibility index (Phi) is 5.74. The molecular weight excluding hydrogens is 451 g/mol. The Morgan fingerprint density at radius 2 is 1.88 bits per heavy atom. The molecule has 5 rings (SSSR count). The lowest BCUT2D eigenvalue weighted by Gasteiger charge is -2.36. The van der Waals surface area contributed by atoms with Gasteiger partial charge < -0.3 is 5.43 Å². The van der Waals surface area contributed by atoms with Gasteiger partial charge in [-0.25, -0.2) is 4.39 Å². The average Bonchev–Trinajstić information content (AvgIpc) is 3.21. The van der Waals surface area contributed by atoms with Gasteiger partial charge >= 0.3 is 0 Å². The topological polar surface area (TPSA) is 56.3 Å². The van der Waals surface area contributed by atoms with Crippen molar-refractivity contribution in [1.82, 2.24) is 30.8 Å². The maximum absolute atomic E-state index is 13.4. The van der Waals surface area contributed by atoms with Crippen LogP contribution in [-0.4, -0.2) is 46.2 Å². The number of alkyl halides is 1. The van der Waals surface area contributed by atoms with Crippen LogP contribution in [0, 0.1) is 20.8 Å². The molecule has 6 nitrogen and oxygen atoms in total. The Bertz CT molecular complexity index is 1300. The van der Waals surface area contributed by atoms with E-state index in [1.807, 2.05) is 38.2 Å². The van der Waals surface area contributed by atoms with Gasteiger partial charge in [-0.2, -0.15) is 0 Å². The van der Waals surface area contributed by atoms with Gasteiger partial charge in [0.1, 0.15) is 6.17 Å². The summed E-state index contributed by atoms with van der Waals surface area (Å²) in [5.74, 6) is 0. The average molecular weight is 481 g/mol. The van der Waals surface area contributed by atoms with Crippen molar-refractivity contribution in [2.75, 3.05) is 20.1 Å². The van der Waals surface area contributed by atoms with E-state index in [9.17, 15) is 4.39 Å². The molecular formula is C26H30ClFN6. The third-order valence-electron chi connectivity index (χ3n) is 7.17. The molecule has 0 radical (unpaired) electrons. The summed E-state index contributed by atoms with van der Waals surface area (Å²) in [5, 5.41) is 3.59. The number of allylic oxidation sites excluding steroid dienone is 1. The van der Waals surface area contributed by atoms with Gasteiger partial charge in [-0.1, -0.05) is 23.7 Å². The number of aromatic nitrogens is 2. The van der Waals surface area contributed by atoms with Crippen LogP contribution in [0.5, 0.6) is 0 Å². The number of nitrogens with one attached hydrogen (secondary N) is 2. The maximum atomic E-state index is 13.4. The first-order chi connectivity index (χ1) is 16.2. The van der Waals surface area contributed by atoms with Gasteiger partial charge in [-0.3, -0.25) is 19.9 Å². The molecule has 8 heteroatoms. The maximum Gasteiger partial charge on any atom is 0.125 e. The Balaban J connectivity index is 1.68. The molecule has 4 heterocycles. The summed E-state index contributed by atoms with van der Waals surface area (Å²) in [4.78, 5) is 11.7. The molecule has 2 aliphatic heterocycles. The predicted octanol–water partition coefficient (Wildman–Crippen LogP) is 4.46. The van der Waals surface area contributed by atoms with Crippen LogP contribution in [0.15, 0.2) is 42.2 Å². The van der Waals surface area contributed by atoms with Crippen LogP contribution in [0.1, 0.15) is 40.7 Å². The van der Waals surface area contributed by atoms with E-state index in [2.05, 4.69) is 54.0 Å². The summed E-state index contributed by atoms with van der Waals surface area (Å²) in [6, 6.07) is 10.5. The fourth-order valence-electron chi connectivity index (χ4n) is 5.22. The monoisotopic (exact) mass is 480 g/mol. The normalized spacial score (nSPS) is 18.6. The van der Waals surface area contributed by atoms with E-state index in [4.69, 9.17) is 21.6 Å². The highest BCUT2D eigenvalue weighted by Gasteiger charge is 2.39. The lowest BCUT2D eigenvalue weighted by molar-refractivity contribution is 0.0589. The molecule has 0 amide bonds. The highest BCUT2D eigenvalue weighted by molar-refractivity contribution is 6.36. The van der Waals surface area contributed by atoms with Crippen LogP contribution in [0.3, 0.4) is 0 Å². The number of nitrogens with zero attached hydrogens (tertiary/aromatic N) is 4. The fourth-order valence-corrected chi connectivity index (χ4v) is 5.57. The Morgan fingerprint density at radius 1 is 1.12 bits per heavy atom. The summed E-state index contributed by atoms with van der Waals surface area (Å²) in [6.07, 6.45) is 1.24. The summed E-state index contributed by atoms with van der Waals surface area (Å²) >= 11 is 6.99. The molecule has 0 bridgehead atoms. The Hall–Kier alpha value is -2.74. The smallest absolute Gasteiger partial charge is 0.125 e. The molecule has 1 unspecified atom stereocenters. The zero-order valence-corrected chi connectivity index (χ0v) is 21.0. The van der Waals surface area contributed by atoms with Gasteiger partial charge in [-0.15, -0.1) is 5.53 Å². The minimum atomic E-state index is -0.745. The zero-order valence-electron chi connectivity index (χ0n) is 20.2. The van der Waals surface area contributed by atoms with Crippen molar-refractivity contribution < 1.29 is 4.39 Å². The first kappa shape index (κ1) is 23.0. The number of rotatable bonds is 5. The lowest BCUT2D eigenvalue weighted by atomic mass is 9.72. The number of fused-ring (bicyclic) bond motifs is 1. The second kappa shape index (κ2) is 8.48. The second-order valence-corrected chi connectivity index (χ2v) is 9.95. The number of pyridine rings is 2. The molecule has 1 aromatic carbocycles. The summed E-state index contributed by atoms with van der Waals surface area (Å²) < 4.78 is 13.4. The van der Waals surface area contributed by atoms with E-state index in [1.165, 1.54) is 0 Å². The third kappa shape index (κ3) is 3.72. The highest BCUT2D eigenvalue weighted by Crippen LogP contribution is 2.43. The summed E-state index contributed by atoms with van der Waals surface area (Å²) in [6.45, 7) is 9.76. The largest absolute Gasteiger partial charge is 0.309 e. The molecule has 1 atom stereocenters. The molecule has 3 aromatic rings. The Labute approximate surface area is 204 Å². The van der Waals surface area contributed by atoms with Gasteiger partial charge in [-0.05, 0) is 57.0 Å². The van der Waals surface area contributed by atoms with Crippen LogP contribution in [0.25, 0.3) is 10.9 Å². The number of hydrazine groups is 2. The van der Waals surface area contributed by atoms with E-state index in [0.29, 0.717) is 24.7 Å². The molecule has 0 spiro atoms. The van der Waals surface area contributed by atoms with Gasteiger partial charge in [0.05, 0.1) is 21.7 Å². The van der Waals surface area contributed by atoms with Crippen LogP contribution >= 0.6 is 11.6 Å². The van der Waals surface area contributed by atoms with E-state index >= 15 is 0 Å². The minimum Gasteiger partial charge on any atom is -0.309 e. The van der Waals surface area contributed by atoms with Crippen molar-refractivity contribution >= 4 is 22.5 Å². The van der Waals surface area contributed by atoms with Crippen molar-refractivity contribution in [2.24, 2.45) is 0 Å². The van der Waals surface area contributed by atoms with Crippen LogP contribution in [-0.2, 0) is 12.0 Å². The van der Waals surface area contributed by atoms with Crippen LogP contribution in [0.4, 0.5) is 4.39 Å². The number of likely N-dealkylation sites (tertiary alicyclic amines) is 1. The van der Waals surface area contributed by atoms with E-state index in [0.717, 1.165) is 50.4 Å². The standard InChI is InChI=1S/C26H30ClFN6/c1-15-6-8-22(17(3)30-15)26(4,24-11-29-32-33(24)5)18-7-9-23-20(10-18)25(27)21(16(2)31-23)14-34-12-19(28)13-34/h6-11,19,29,32H,12-14H2,1-5H3. The number of halogens is 2. The van der Waals surface area contributed by atoms with Crippen LogP contribution in [0.2, 0.25) is 5.02 Å². The number of benzene rings is 1. The lowest BCUT2D eigenvalue weighted by Crippen LogP contribution is -2.47. The van der Waals surface area contributed by atoms with Crippen molar-refractivity contribution in [3.63, 3.8) is 0 Å². The van der Waals surface area contributed by atoms with Crippen molar-refractivity contribution in [3.05, 3.63) is 81.0 Å². The highest BCUT2D eigenvalue weighted by atomic mass is 35.5. The number of hydrogen-bond donors (Lipinski definition) is 2. The van der Waals surface area contributed by atoms with Gasteiger partial charge in [0, 0.05) is 60.9 Å². The van der Waals surface area contributed by atoms with Crippen molar-refractivity contribution in [3.8, 4) is 0 Å². The number of likely N-dealkylation sites (N-methyl/N-ethyl adjacent to an activating group) is 1. The summed E-state index contributed by atoms with van der Waals surface area (Å²) in [5.41, 5.74) is 13.7. The molecule has 2 aliphatic rings. The fraction of sp³-hybridized carbons (Fsp3) is 0.385. The third-order valence-corrected chi connectivity index (χ3v) is 7.60. The molecule has 2 N–H and O–H groups in total. The molecule has 1 fully saturated rings. The SMILES string of the molecule is Cc1ccc(C(C)(C2=CNNN2C)c2ccc3nc(C)c(CN4CC(F)C4)c(Cl)c3c2)c(C)n1. The van der Waals surface area contributed by atoms with E-state index in [1.54, 1.807) is 0 Å². The van der Waals surface area contributed by atoms with Crippen LogP contribution < -0.4 is 11.0 Å². The second-order valence-electron chi connectivity index (χ2n) is 9.57. The number of hydrogen-bond acceptors (Lipinski definition) is 6. The Morgan fingerprint density at radius 3 is 2.53 bits per heavy atom. The van der Waals surface area contributed by atoms with Gasteiger partial charge in [0.25, 0.3) is 0 Å². The first-order valence-corrected chi connectivity index (χ1v) is 11.9. The zero-order chi connectivity index (χ0) is 24.2.